The van der Waals surface area contributed by atoms with E-state index >= 15 is 0 Å². The Morgan fingerprint density at radius 3 is 2.24 bits per heavy atom. The van der Waals surface area contributed by atoms with E-state index in [9.17, 15) is 0 Å². The maximum absolute atomic E-state index is 5.47. The number of nitrogens with zero attached hydrogens (tertiary/aromatic N) is 1. The Morgan fingerprint density at radius 1 is 1.00 bits per heavy atom. The van der Waals surface area contributed by atoms with Gasteiger partial charge in [0, 0.05) is 19.7 Å². The van der Waals surface area contributed by atoms with Crippen molar-refractivity contribution >= 4 is 0 Å². The predicted octanol–water partition coefficient (Wildman–Crippen LogP) is 3.29. The summed E-state index contributed by atoms with van der Waals surface area (Å²) in [5.41, 5.74) is 0.706. The minimum absolute atomic E-state index is 0.551. The van der Waals surface area contributed by atoms with Gasteiger partial charge in [0.05, 0.1) is 6.61 Å². The van der Waals surface area contributed by atoms with Crippen LogP contribution >= 0.6 is 0 Å². The van der Waals surface area contributed by atoms with Crippen LogP contribution in [0, 0.1) is 11.3 Å². The Morgan fingerprint density at radius 2 is 1.67 bits per heavy atom. The molecule has 2 fully saturated rings. The van der Waals surface area contributed by atoms with E-state index in [1.165, 1.54) is 58.0 Å². The summed E-state index contributed by atoms with van der Waals surface area (Å²) >= 11 is 0. The molecule has 2 aliphatic rings. The summed E-state index contributed by atoms with van der Waals surface area (Å²) in [6.45, 7) is 10.1. The summed E-state index contributed by atoms with van der Waals surface area (Å²) in [5, 5.41) is 3.62. The number of methoxy groups -OCH3 is 1. The molecule has 0 bridgehead atoms. The van der Waals surface area contributed by atoms with Gasteiger partial charge in [0.1, 0.15) is 0 Å². The van der Waals surface area contributed by atoms with Crippen LogP contribution in [0.2, 0.25) is 0 Å². The third-order valence-electron chi connectivity index (χ3n) is 5.58. The number of hydrogen-bond donors (Lipinski definition) is 1. The highest BCUT2D eigenvalue weighted by Crippen LogP contribution is 2.44. The highest BCUT2D eigenvalue weighted by molar-refractivity contribution is 4.90. The second-order valence-corrected chi connectivity index (χ2v) is 7.76. The number of likely N-dealkylation sites (tertiary alicyclic amines) is 1. The fraction of sp³-hybridized carbons (Fsp3) is 1.00. The van der Waals surface area contributed by atoms with Gasteiger partial charge in [0.25, 0.3) is 0 Å². The lowest BCUT2D eigenvalue weighted by Gasteiger charge is -2.46. The van der Waals surface area contributed by atoms with Crippen molar-refractivity contribution < 1.29 is 4.74 Å². The van der Waals surface area contributed by atoms with Crippen LogP contribution in [0.1, 0.15) is 58.8 Å². The molecular formula is C18H36N2O. The lowest BCUT2D eigenvalue weighted by molar-refractivity contribution is 0.0194. The number of rotatable bonds is 7. The van der Waals surface area contributed by atoms with Gasteiger partial charge in [0.15, 0.2) is 0 Å². The van der Waals surface area contributed by atoms with Gasteiger partial charge in [-0.25, -0.2) is 0 Å². The van der Waals surface area contributed by atoms with E-state index in [2.05, 4.69) is 24.1 Å². The Hall–Kier alpha value is -0.120. The summed E-state index contributed by atoms with van der Waals surface area (Å²) in [6, 6.07) is 0.551. The lowest BCUT2D eigenvalue weighted by atomic mass is 9.68. The van der Waals surface area contributed by atoms with Crippen LogP contribution in [-0.4, -0.2) is 50.8 Å². The zero-order chi connectivity index (χ0) is 15.1. The molecule has 3 heteroatoms. The van der Waals surface area contributed by atoms with E-state index in [1.807, 2.05) is 7.11 Å². The number of hydrogen-bond acceptors (Lipinski definition) is 3. The minimum atomic E-state index is 0.551. The number of ether oxygens (including phenoxy) is 1. The predicted molar refractivity (Wildman–Crippen MR) is 89.7 cm³/mol. The summed E-state index contributed by atoms with van der Waals surface area (Å²) in [4.78, 5) is 2.68. The maximum Gasteiger partial charge on any atom is 0.0630 e. The van der Waals surface area contributed by atoms with Crippen molar-refractivity contribution in [2.24, 2.45) is 11.3 Å². The zero-order valence-electron chi connectivity index (χ0n) is 14.5. The highest BCUT2D eigenvalue weighted by atomic mass is 16.5. The molecule has 1 atom stereocenters. The van der Waals surface area contributed by atoms with E-state index in [0.29, 0.717) is 11.5 Å². The molecular weight excluding hydrogens is 260 g/mol. The average Bonchev–Trinajstić information content (AvgIpc) is 2.48. The fourth-order valence-corrected chi connectivity index (χ4v) is 4.19. The molecule has 0 aromatic heterocycles. The first-order chi connectivity index (χ1) is 10.2. The standard InChI is InChI=1S/C18H36N2O/c1-16(2)13-19-14-17(15-21-3)20-11-9-18(10-12-20)7-5-4-6-8-18/h16-17,19H,4-15H2,1-3H3. The van der Waals surface area contributed by atoms with Crippen LogP contribution in [0.5, 0.6) is 0 Å². The lowest BCUT2D eigenvalue weighted by Crippen LogP contribution is -2.51. The van der Waals surface area contributed by atoms with Crippen molar-refractivity contribution in [3.05, 3.63) is 0 Å². The van der Waals surface area contributed by atoms with Crippen LogP contribution in [-0.2, 0) is 4.74 Å². The average molecular weight is 296 g/mol. The van der Waals surface area contributed by atoms with Gasteiger partial charge in [-0.3, -0.25) is 4.90 Å². The fourth-order valence-electron chi connectivity index (χ4n) is 4.19. The van der Waals surface area contributed by atoms with E-state index in [0.717, 1.165) is 25.6 Å². The smallest absolute Gasteiger partial charge is 0.0630 e. The van der Waals surface area contributed by atoms with Crippen LogP contribution in [0.15, 0.2) is 0 Å². The topological polar surface area (TPSA) is 24.5 Å². The first-order valence-electron chi connectivity index (χ1n) is 9.09. The van der Waals surface area contributed by atoms with E-state index in [-0.39, 0.29) is 0 Å². The number of piperidine rings is 1. The molecule has 1 unspecified atom stereocenters. The summed E-state index contributed by atoms with van der Waals surface area (Å²) in [7, 11) is 1.84. The molecule has 1 heterocycles. The molecule has 2 rings (SSSR count). The third-order valence-corrected chi connectivity index (χ3v) is 5.58. The number of nitrogens with one attached hydrogen (secondary N) is 1. The van der Waals surface area contributed by atoms with Crippen molar-refractivity contribution in [1.29, 1.82) is 0 Å². The molecule has 21 heavy (non-hydrogen) atoms. The molecule has 0 aromatic carbocycles. The molecule has 1 aliphatic carbocycles. The van der Waals surface area contributed by atoms with Crippen molar-refractivity contribution in [2.75, 3.05) is 39.9 Å². The first-order valence-corrected chi connectivity index (χ1v) is 9.09. The second-order valence-electron chi connectivity index (χ2n) is 7.76. The van der Waals surface area contributed by atoms with Gasteiger partial charge in [-0.05, 0) is 56.7 Å². The molecule has 1 aliphatic heterocycles. The molecule has 124 valence electrons. The zero-order valence-corrected chi connectivity index (χ0v) is 14.5. The molecule has 0 aromatic rings. The third kappa shape index (κ3) is 5.22. The highest BCUT2D eigenvalue weighted by Gasteiger charge is 2.36. The summed E-state index contributed by atoms with van der Waals surface area (Å²) in [6.07, 6.45) is 10.2. The Balaban J connectivity index is 1.79. The molecule has 1 saturated carbocycles. The van der Waals surface area contributed by atoms with Crippen molar-refractivity contribution in [3.8, 4) is 0 Å². The monoisotopic (exact) mass is 296 g/mol. The first kappa shape index (κ1) is 17.2. The van der Waals surface area contributed by atoms with E-state index in [4.69, 9.17) is 4.74 Å². The molecule has 3 nitrogen and oxygen atoms in total. The van der Waals surface area contributed by atoms with Gasteiger partial charge < -0.3 is 10.1 Å². The van der Waals surface area contributed by atoms with Gasteiger partial charge in [0.2, 0.25) is 0 Å². The van der Waals surface area contributed by atoms with Crippen LogP contribution < -0.4 is 5.32 Å². The molecule has 1 spiro atoms. The molecule has 0 amide bonds. The van der Waals surface area contributed by atoms with Gasteiger partial charge >= 0.3 is 0 Å². The van der Waals surface area contributed by atoms with Crippen LogP contribution in [0.4, 0.5) is 0 Å². The van der Waals surface area contributed by atoms with Gasteiger partial charge in [-0.2, -0.15) is 0 Å². The van der Waals surface area contributed by atoms with Crippen LogP contribution in [0.3, 0.4) is 0 Å². The molecule has 1 saturated heterocycles. The normalized spacial score (nSPS) is 24.6. The van der Waals surface area contributed by atoms with E-state index < -0.39 is 0 Å². The quantitative estimate of drug-likeness (QED) is 0.780. The van der Waals surface area contributed by atoms with E-state index in [1.54, 1.807) is 0 Å². The van der Waals surface area contributed by atoms with Gasteiger partial charge in [-0.1, -0.05) is 33.1 Å². The summed E-state index contributed by atoms with van der Waals surface area (Å²) in [5.74, 6) is 0.722. The summed E-state index contributed by atoms with van der Waals surface area (Å²) < 4.78 is 5.47. The minimum Gasteiger partial charge on any atom is -0.383 e. The van der Waals surface area contributed by atoms with Crippen molar-refractivity contribution in [3.63, 3.8) is 0 Å². The second kappa shape index (κ2) is 8.50. The maximum atomic E-state index is 5.47. The van der Waals surface area contributed by atoms with Crippen molar-refractivity contribution in [1.82, 2.24) is 10.2 Å². The Kier molecular flexibility index (Phi) is 6.97. The van der Waals surface area contributed by atoms with Crippen LogP contribution in [0.25, 0.3) is 0 Å². The SMILES string of the molecule is COCC(CNCC(C)C)N1CCC2(CCCCC2)CC1. The molecule has 0 radical (unpaired) electrons. The van der Waals surface area contributed by atoms with Gasteiger partial charge in [-0.15, -0.1) is 0 Å². The molecule has 1 N–H and O–H groups in total. The van der Waals surface area contributed by atoms with Crippen molar-refractivity contribution in [2.45, 2.75) is 64.8 Å². The Bertz CT molecular complexity index is 277. The largest absolute Gasteiger partial charge is 0.383 e. The Labute approximate surface area is 131 Å².